The lowest BCUT2D eigenvalue weighted by Gasteiger charge is -2.24. The molecule has 3 N–H and O–H groups in total. The maximum atomic E-state index is 13.5. The third-order valence-electron chi connectivity index (χ3n) is 6.83. The number of carbonyl (C=O) groups excluding carboxylic acids is 2. The summed E-state index contributed by atoms with van der Waals surface area (Å²) in [7, 11) is 7.31. The van der Waals surface area contributed by atoms with Crippen molar-refractivity contribution >= 4 is 52.1 Å². The van der Waals surface area contributed by atoms with Gasteiger partial charge in [0.15, 0.2) is 0 Å². The molecule has 4 rings (SSSR count). The maximum absolute atomic E-state index is 13.5. The number of nitrogen functional groups attached to an aromatic ring is 1. The molecular weight excluding hydrogens is 621 g/mol. The van der Waals surface area contributed by atoms with Gasteiger partial charge in [0.2, 0.25) is 5.95 Å². The number of nitrogens with two attached hydrogens (primary N) is 1. The lowest BCUT2D eigenvalue weighted by molar-refractivity contribution is -0.152. The molecular formula is C31H33F3N8O5. The molecule has 0 saturated carbocycles. The van der Waals surface area contributed by atoms with Crippen LogP contribution < -0.4 is 26.4 Å². The van der Waals surface area contributed by atoms with E-state index in [4.69, 9.17) is 10.5 Å². The predicted octanol–water partition coefficient (Wildman–Crippen LogP) is 3.75. The first-order valence-corrected chi connectivity index (χ1v) is 14.0. The molecule has 2 aromatic heterocycles. The molecule has 2 heterocycles. The number of aromatic nitrogens is 4. The number of methoxy groups -OCH3 is 1. The number of esters is 2. The Morgan fingerprint density at radius 2 is 1.83 bits per heavy atom. The van der Waals surface area contributed by atoms with E-state index < -0.39 is 30.3 Å². The topological polar surface area (TPSA) is 150 Å². The minimum absolute atomic E-state index is 0.00298. The molecule has 0 aliphatic rings. The quantitative estimate of drug-likeness (QED) is 0.0996. The number of benzene rings is 2. The number of hydrogen-bond donors (Lipinski definition) is 2. The second-order valence-corrected chi connectivity index (χ2v) is 10.5. The molecule has 0 aliphatic heterocycles. The molecule has 0 amide bonds. The first kappa shape index (κ1) is 34.2. The van der Waals surface area contributed by atoms with Crippen LogP contribution in [0.4, 0.5) is 36.2 Å². The number of hydrogen-bond acceptors (Lipinski definition) is 11. The van der Waals surface area contributed by atoms with Crippen LogP contribution in [0, 0.1) is 0 Å². The number of carbonyl (C=O) groups is 2. The van der Waals surface area contributed by atoms with E-state index in [9.17, 15) is 27.6 Å². The van der Waals surface area contributed by atoms with Crippen molar-refractivity contribution in [2.24, 2.45) is 0 Å². The number of fused-ring (bicyclic) bond motifs is 1. The summed E-state index contributed by atoms with van der Waals surface area (Å²) in [6, 6.07) is 8.87. The number of nitrogens with zero attached hydrogens (tertiary/aromatic N) is 6. The lowest BCUT2D eigenvalue weighted by Crippen LogP contribution is -2.29. The van der Waals surface area contributed by atoms with Crippen LogP contribution in [0.1, 0.15) is 5.56 Å². The molecule has 0 atom stereocenters. The monoisotopic (exact) mass is 654 g/mol. The van der Waals surface area contributed by atoms with Crippen LogP contribution in [0.3, 0.4) is 0 Å². The number of anilines is 4. The average Bonchev–Trinajstić information content (AvgIpc) is 3.27. The minimum atomic E-state index is -4.70. The van der Waals surface area contributed by atoms with Crippen LogP contribution in [-0.4, -0.2) is 83.5 Å². The second-order valence-electron chi connectivity index (χ2n) is 10.5. The molecule has 0 unspecified atom stereocenters. The maximum Gasteiger partial charge on any atom is 0.406 e. The molecule has 47 heavy (non-hydrogen) atoms. The molecule has 0 aliphatic carbocycles. The number of alkyl halides is 3. The Kier molecular flexibility index (Phi) is 10.3. The number of halogens is 3. The summed E-state index contributed by atoms with van der Waals surface area (Å²) in [5, 5.41) is 3.01. The Hall–Kier alpha value is -5.64. The van der Waals surface area contributed by atoms with Crippen molar-refractivity contribution < 1.29 is 32.2 Å². The zero-order valence-electron chi connectivity index (χ0n) is 26.0. The third-order valence-corrected chi connectivity index (χ3v) is 6.83. The largest absolute Gasteiger partial charge is 0.494 e. The van der Waals surface area contributed by atoms with Gasteiger partial charge in [-0.1, -0.05) is 12.6 Å². The van der Waals surface area contributed by atoms with E-state index in [2.05, 4.69) is 26.6 Å². The molecule has 0 bridgehead atoms. The van der Waals surface area contributed by atoms with Crippen molar-refractivity contribution in [1.82, 2.24) is 24.0 Å². The molecule has 0 saturated heterocycles. The van der Waals surface area contributed by atoms with Crippen LogP contribution >= 0.6 is 0 Å². The molecule has 248 valence electrons. The molecule has 0 spiro atoms. The van der Waals surface area contributed by atoms with Gasteiger partial charge in [0.05, 0.1) is 35.2 Å². The van der Waals surface area contributed by atoms with Crippen molar-refractivity contribution in [3.63, 3.8) is 0 Å². The van der Waals surface area contributed by atoms with Crippen LogP contribution in [0.2, 0.25) is 0 Å². The van der Waals surface area contributed by atoms with Crippen molar-refractivity contribution in [2.45, 2.75) is 12.7 Å². The van der Waals surface area contributed by atoms with Crippen LogP contribution in [0.25, 0.3) is 22.9 Å². The standard InChI is InChI=1S/C31H33F3N8O5/c1-6-27(43)47-28(44)10-8-19-7-9-22-24(15-19)42(30(45)41(22)18-31(32,33)34)26-11-12-36-29(38-26)37-21-16-20(35)23(17-25(21)46-5)40(4)14-13-39(2)3/h6-12,15-17H,1,13-14,18,35H2,2-5H3,(H,36,37,38)/b10-8+. The van der Waals surface area contributed by atoms with Gasteiger partial charge in [-0.3, -0.25) is 4.57 Å². The van der Waals surface area contributed by atoms with E-state index in [0.717, 1.165) is 29.0 Å². The van der Waals surface area contributed by atoms with E-state index in [1.54, 1.807) is 12.1 Å². The first-order valence-electron chi connectivity index (χ1n) is 14.0. The van der Waals surface area contributed by atoms with Crippen LogP contribution in [0.15, 0.2) is 66.1 Å². The van der Waals surface area contributed by atoms with Gasteiger partial charge in [-0.2, -0.15) is 18.2 Å². The van der Waals surface area contributed by atoms with E-state index in [-0.39, 0.29) is 22.8 Å². The summed E-state index contributed by atoms with van der Waals surface area (Å²) in [5.74, 6) is -1.56. The average molecular weight is 655 g/mol. The van der Waals surface area contributed by atoms with E-state index in [1.807, 2.05) is 30.9 Å². The van der Waals surface area contributed by atoms with Gasteiger partial charge < -0.3 is 30.3 Å². The Morgan fingerprint density at radius 3 is 2.49 bits per heavy atom. The van der Waals surface area contributed by atoms with Crippen LogP contribution in [0.5, 0.6) is 5.75 Å². The fraction of sp³-hybridized carbons (Fsp3) is 0.258. The highest BCUT2D eigenvalue weighted by molar-refractivity contribution is 5.98. The normalized spacial score (nSPS) is 11.7. The molecule has 2 aromatic carbocycles. The summed E-state index contributed by atoms with van der Waals surface area (Å²) < 4.78 is 52.2. The van der Waals surface area contributed by atoms with Gasteiger partial charge in [0.1, 0.15) is 18.1 Å². The fourth-order valence-corrected chi connectivity index (χ4v) is 4.58. The summed E-state index contributed by atoms with van der Waals surface area (Å²) in [5.41, 5.74) is 7.29. The van der Waals surface area contributed by atoms with Gasteiger partial charge in [-0.05, 0) is 43.9 Å². The van der Waals surface area contributed by atoms with Gasteiger partial charge in [-0.25, -0.2) is 23.9 Å². The number of rotatable bonds is 12. The minimum Gasteiger partial charge on any atom is -0.494 e. The van der Waals surface area contributed by atoms with Crippen molar-refractivity contribution in [1.29, 1.82) is 0 Å². The number of ether oxygens (including phenoxy) is 2. The summed E-state index contributed by atoms with van der Waals surface area (Å²) in [4.78, 5) is 49.3. The summed E-state index contributed by atoms with van der Waals surface area (Å²) in [6.45, 7) is 3.14. The van der Waals surface area contributed by atoms with E-state index in [0.29, 0.717) is 33.8 Å². The molecule has 13 nitrogen and oxygen atoms in total. The number of likely N-dealkylation sites (N-methyl/N-ethyl adjacent to an activating group) is 2. The smallest absolute Gasteiger partial charge is 0.406 e. The summed E-state index contributed by atoms with van der Waals surface area (Å²) in [6.07, 6.45) is -0.324. The van der Waals surface area contributed by atoms with E-state index in [1.165, 1.54) is 43.6 Å². The highest BCUT2D eigenvalue weighted by Crippen LogP contribution is 2.36. The molecule has 4 aromatic rings. The zero-order valence-corrected chi connectivity index (χ0v) is 26.0. The summed E-state index contributed by atoms with van der Waals surface area (Å²) >= 11 is 0. The van der Waals surface area contributed by atoms with Crippen molar-refractivity contribution in [3.05, 3.63) is 77.4 Å². The number of imidazole rings is 1. The predicted molar refractivity (Wildman–Crippen MR) is 172 cm³/mol. The molecule has 0 radical (unpaired) electrons. The zero-order chi connectivity index (χ0) is 34.5. The van der Waals surface area contributed by atoms with Crippen molar-refractivity contribution in [3.8, 4) is 11.6 Å². The van der Waals surface area contributed by atoms with Crippen LogP contribution in [-0.2, 0) is 20.9 Å². The number of nitrogens with one attached hydrogen (secondary N) is 1. The second kappa shape index (κ2) is 14.2. The Bertz CT molecular complexity index is 1900. The van der Waals surface area contributed by atoms with E-state index >= 15 is 0 Å². The highest BCUT2D eigenvalue weighted by atomic mass is 19.4. The third kappa shape index (κ3) is 8.35. The fourth-order valence-electron chi connectivity index (χ4n) is 4.58. The molecule has 16 heteroatoms. The Morgan fingerprint density at radius 1 is 1.09 bits per heavy atom. The highest BCUT2D eigenvalue weighted by Gasteiger charge is 2.31. The van der Waals surface area contributed by atoms with Gasteiger partial charge in [0.25, 0.3) is 0 Å². The van der Waals surface area contributed by atoms with Gasteiger partial charge >= 0.3 is 23.8 Å². The lowest BCUT2D eigenvalue weighted by atomic mass is 10.2. The van der Waals surface area contributed by atoms with Gasteiger partial charge in [0, 0.05) is 50.6 Å². The van der Waals surface area contributed by atoms with Crippen molar-refractivity contribution in [2.75, 3.05) is 57.3 Å². The SMILES string of the molecule is C=CC(=O)OC(=O)/C=C/c1ccc2c(c1)n(-c1ccnc(Nc3cc(N)c(N(C)CCN(C)C)cc3OC)n1)c(=O)n2CC(F)(F)F. The first-order chi connectivity index (χ1) is 22.2. The Balaban J connectivity index is 1.75. The Labute approximate surface area is 267 Å². The van der Waals surface area contributed by atoms with Gasteiger partial charge in [-0.15, -0.1) is 0 Å². The molecule has 0 fully saturated rings.